The Bertz CT molecular complexity index is 425. The Morgan fingerprint density at radius 2 is 1.81 bits per heavy atom. The highest BCUT2D eigenvalue weighted by atomic mass is 16.6. The Labute approximate surface area is 163 Å². The van der Waals surface area contributed by atoms with Gasteiger partial charge >= 0.3 is 11.9 Å². The van der Waals surface area contributed by atoms with Gasteiger partial charge in [0.05, 0.1) is 25.4 Å². The third kappa shape index (κ3) is 10.1. The zero-order valence-electron chi connectivity index (χ0n) is 17.3. The summed E-state index contributed by atoms with van der Waals surface area (Å²) in [6, 6.07) is 0. The van der Waals surface area contributed by atoms with Crippen LogP contribution in [-0.2, 0) is 23.8 Å². The molecule has 0 unspecified atom stereocenters. The molecule has 1 N–H and O–H groups in total. The van der Waals surface area contributed by atoms with Gasteiger partial charge in [0.15, 0.2) is 0 Å². The van der Waals surface area contributed by atoms with Crippen molar-refractivity contribution in [2.75, 3.05) is 7.11 Å². The number of carbonyl (C=O) groups is 2. The van der Waals surface area contributed by atoms with Gasteiger partial charge in [-0.15, -0.1) is 0 Å². The van der Waals surface area contributed by atoms with E-state index >= 15 is 0 Å². The van der Waals surface area contributed by atoms with Crippen LogP contribution in [0.15, 0.2) is 0 Å². The van der Waals surface area contributed by atoms with Crippen molar-refractivity contribution in [2.24, 2.45) is 0 Å². The molecule has 0 bridgehead atoms. The summed E-state index contributed by atoms with van der Waals surface area (Å²) in [6.07, 6.45) is 9.68. The summed E-state index contributed by atoms with van der Waals surface area (Å²) in [7, 11) is 1.41. The maximum atomic E-state index is 11.3. The van der Waals surface area contributed by atoms with Crippen molar-refractivity contribution in [2.45, 2.75) is 115 Å². The smallest absolute Gasteiger partial charge is 0.305 e. The van der Waals surface area contributed by atoms with Crippen LogP contribution in [0.25, 0.3) is 0 Å². The van der Waals surface area contributed by atoms with E-state index in [0.717, 1.165) is 57.8 Å². The molecule has 0 aliphatic carbocycles. The van der Waals surface area contributed by atoms with E-state index in [1.165, 1.54) is 14.0 Å². The summed E-state index contributed by atoms with van der Waals surface area (Å²) >= 11 is 0. The van der Waals surface area contributed by atoms with Gasteiger partial charge in [-0.2, -0.15) is 0 Å². The molecule has 1 aliphatic rings. The van der Waals surface area contributed by atoms with Gasteiger partial charge in [0.2, 0.25) is 0 Å². The number of ether oxygens (including phenoxy) is 3. The fourth-order valence-corrected chi connectivity index (χ4v) is 3.62. The predicted molar refractivity (Wildman–Crippen MR) is 103 cm³/mol. The van der Waals surface area contributed by atoms with E-state index < -0.39 is 6.10 Å². The number of aliphatic hydroxyl groups is 1. The summed E-state index contributed by atoms with van der Waals surface area (Å²) in [5, 5.41) is 10.5. The highest BCUT2D eigenvalue weighted by molar-refractivity contribution is 5.69. The van der Waals surface area contributed by atoms with Gasteiger partial charge in [-0.3, -0.25) is 9.59 Å². The number of esters is 2. The molecule has 4 atom stereocenters. The van der Waals surface area contributed by atoms with Crippen molar-refractivity contribution in [3.63, 3.8) is 0 Å². The quantitative estimate of drug-likeness (QED) is 0.360. The van der Waals surface area contributed by atoms with Gasteiger partial charge in [-0.05, 0) is 19.3 Å². The first-order valence-electron chi connectivity index (χ1n) is 10.6. The normalized spacial score (nSPS) is 23.2. The van der Waals surface area contributed by atoms with Crippen LogP contribution in [0.4, 0.5) is 0 Å². The lowest BCUT2D eigenvalue weighted by Gasteiger charge is -2.19. The van der Waals surface area contributed by atoms with Gasteiger partial charge in [-0.25, -0.2) is 0 Å². The van der Waals surface area contributed by atoms with E-state index in [-0.39, 0.29) is 30.3 Å². The molecule has 0 saturated carbocycles. The largest absolute Gasteiger partial charge is 0.469 e. The Kier molecular flexibility index (Phi) is 12.3. The maximum Gasteiger partial charge on any atom is 0.305 e. The molecule has 1 heterocycles. The van der Waals surface area contributed by atoms with Gasteiger partial charge in [-0.1, -0.05) is 51.9 Å². The third-order valence-electron chi connectivity index (χ3n) is 5.18. The van der Waals surface area contributed by atoms with E-state index in [2.05, 4.69) is 11.7 Å². The molecule has 0 radical (unpaired) electrons. The first-order chi connectivity index (χ1) is 13.0. The molecule has 6 heteroatoms. The molecule has 0 aromatic rings. The molecule has 0 aromatic heterocycles. The second-order valence-corrected chi connectivity index (χ2v) is 7.54. The third-order valence-corrected chi connectivity index (χ3v) is 5.18. The molecule has 158 valence electrons. The average molecular weight is 387 g/mol. The first kappa shape index (κ1) is 23.9. The molecule has 0 aromatic carbocycles. The van der Waals surface area contributed by atoms with Crippen molar-refractivity contribution < 1.29 is 28.9 Å². The second kappa shape index (κ2) is 13.9. The van der Waals surface area contributed by atoms with Crippen LogP contribution in [0.3, 0.4) is 0 Å². The number of methoxy groups -OCH3 is 1. The van der Waals surface area contributed by atoms with E-state index in [0.29, 0.717) is 19.3 Å². The minimum absolute atomic E-state index is 0.0987. The Balaban J connectivity index is 2.25. The molecule has 27 heavy (non-hydrogen) atoms. The van der Waals surface area contributed by atoms with Gasteiger partial charge < -0.3 is 19.3 Å². The van der Waals surface area contributed by atoms with E-state index in [1.807, 2.05) is 0 Å². The molecule has 6 nitrogen and oxygen atoms in total. The standard InChI is InChI=1S/C21H38O6/c1-4-5-9-13-18-20(26-16(2)22)15-19(27-18)17(23)12-10-7-6-8-11-14-21(24)25-3/h17-20,23H,4-15H2,1-3H3/t17-,18-,19-,20-/m0/s1. The first-order valence-corrected chi connectivity index (χ1v) is 10.6. The summed E-state index contributed by atoms with van der Waals surface area (Å²) in [5.41, 5.74) is 0. The minimum Gasteiger partial charge on any atom is -0.469 e. The fraction of sp³-hybridized carbons (Fsp3) is 0.905. The Morgan fingerprint density at radius 3 is 2.48 bits per heavy atom. The van der Waals surface area contributed by atoms with Crippen LogP contribution < -0.4 is 0 Å². The SMILES string of the molecule is CCCCC[C@@H]1O[C@H]([C@@H](O)CCCCCCCC(=O)OC)C[C@@H]1OC(C)=O. The highest BCUT2D eigenvalue weighted by Gasteiger charge is 2.39. The van der Waals surface area contributed by atoms with Crippen molar-refractivity contribution in [1.82, 2.24) is 0 Å². The van der Waals surface area contributed by atoms with Crippen molar-refractivity contribution in [3.05, 3.63) is 0 Å². The van der Waals surface area contributed by atoms with Crippen LogP contribution in [-0.4, -0.2) is 48.6 Å². The predicted octanol–water partition coefficient (Wildman–Crippen LogP) is 3.92. The topological polar surface area (TPSA) is 82.1 Å². The molecule has 1 aliphatic heterocycles. The summed E-state index contributed by atoms with van der Waals surface area (Å²) in [6.45, 7) is 3.58. The molecule has 0 spiro atoms. The highest BCUT2D eigenvalue weighted by Crippen LogP contribution is 2.30. The van der Waals surface area contributed by atoms with Gasteiger partial charge in [0.1, 0.15) is 6.10 Å². The number of aliphatic hydroxyl groups excluding tert-OH is 1. The average Bonchev–Trinajstić information content (AvgIpc) is 3.02. The maximum absolute atomic E-state index is 11.3. The molecule has 1 saturated heterocycles. The van der Waals surface area contributed by atoms with Crippen LogP contribution in [0.5, 0.6) is 0 Å². The fourth-order valence-electron chi connectivity index (χ4n) is 3.62. The number of unbranched alkanes of at least 4 members (excludes halogenated alkanes) is 6. The van der Waals surface area contributed by atoms with E-state index in [9.17, 15) is 14.7 Å². The molecule has 0 amide bonds. The summed E-state index contributed by atoms with van der Waals surface area (Å²) < 4.78 is 16.1. The van der Waals surface area contributed by atoms with Crippen LogP contribution in [0.1, 0.15) is 90.9 Å². The molecular formula is C21H38O6. The lowest BCUT2D eigenvalue weighted by Crippen LogP contribution is -2.26. The molecule has 1 fully saturated rings. The number of hydrogen-bond donors (Lipinski definition) is 1. The Morgan fingerprint density at radius 1 is 1.11 bits per heavy atom. The number of carbonyl (C=O) groups excluding carboxylic acids is 2. The van der Waals surface area contributed by atoms with Crippen LogP contribution in [0.2, 0.25) is 0 Å². The van der Waals surface area contributed by atoms with Crippen molar-refractivity contribution >= 4 is 11.9 Å². The summed E-state index contributed by atoms with van der Waals surface area (Å²) in [4.78, 5) is 22.4. The number of hydrogen-bond acceptors (Lipinski definition) is 6. The van der Waals surface area contributed by atoms with Gasteiger partial charge in [0, 0.05) is 19.8 Å². The van der Waals surface area contributed by atoms with Crippen molar-refractivity contribution in [1.29, 1.82) is 0 Å². The number of rotatable bonds is 14. The molecule has 1 rings (SSSR count). The van der Waals surface area contributed by atoms with E-state index in [1.54, 1.807) is 0 Å². The van der Waals surface area contributed by atoms with Crippen LogP contribution in [0, 0.1) is 0 Å². The monoisotopic (exact) mass is 386 g/mol. The summed E-state index contributed by atoms with van der Waals surface area (Å²) in [5.74, 6) is -0.439. The lowest BCUT2D eigenvalue weighted by molar-refractivity contribution is -0.149. The second-order valence-electron chi connectivity index (χ2n) is 7.54. The Hall–Kier alpha value is -1.14. The lowest BCUT2D eigenvalue weighted by atomic mass is 10.00. The minimum atomic E-state index is -0.519. The van der Waals surface area contributed by atoms with Crippen LogP contribution >= 0.6 is 0 Å². The zero-order chi connectivity index (χ0) is 20.1. The molecular weight excluding hydrogens is 348 g/mol. The van der Waals surface area contributed by atoms with Gasteiger partial charge in [0.25, 0.3) is 0 Å². The van der Waals surface area contributed by atoms with E-state index in [4.69, 9.17) is 9.47 Å². The van der Waals surface area contributed by atoms with Crippen molar-refractivity contribution in [3.8, 4) is 0 Å². The zero-order valence-corrected chi connectivity index (χ0v) is 17.3.